The Morgan fingerprint density at radius 1 is 1.40 bits per heavy atom. The van der Waals surface area contributed by atoms with Crippen LogP contribution in [0.15, 0.2) is 23.4 Å². The van der Waals surface area contributed by atoms with E-state index in [1.165, 1.54) is 12.8 Å². The van der Waals surface area contributed by atoms with Gasteiger partial charge in [0.1, 0.15) is 5.82 Å². The lowest BCUT2D eigenvalue weighted by molar-refractivity contribution is 0.397. The van der Waals surface area contributed by atoms with E-state index in [2.05, 4.69) is 19.7 Å². The Kier molecular flexibility index (Phi) is 3.88. The first-order chi connectivity index (χ1) is 9.81. The number of nitrogens with two attached hydrogens (primary N) is 1. The Morgan fingerprint density at radius 2 is 2.25 bits per heavy atom. The second-order valence-electron chi connectivity index (χ2n) is 4.66. The predicted octanol–water partition coefficient (Wildman–Crippen LogP) is 1.77. The number of thioether (sulfide) groups is 1. The zero-order valence-electron chi connectivity index (χ0n) is 11.3. The van der Waals surface area contributed by atoms with Crippen molar-refractivity contribution in [3.63, 3.8) is 0 Å². The van der Waals surface area contributed by atoms with Crippen molar-refractivity contribution >= 4 is 11.8 Å². The van der Waals surface area contributed by atoms with Crippen LogP contribution in [0.5, 0.6) is 5.88 Å². The predicted molar refractivity (Wildman–Crippen MR) is 76.5 cm³/mol. The third-order valence-electron chi connectivity index (χ3n) is 3.17. The highest BCUT2D eigenvalue weighted by atomic mass is 32.2. The summed E-state index contributed by atoms with van der Waals surface area (Å²) in [6, 6.07) is 6.30. The number of ether oxygens (including phenoxy) is 1. The zero-order chi connectivity index (χ0) is 13.9. The standard InChI is InChI=1S/C13H17N5OS/c1-19-12-4-2-3-9(15-12)8-20-13-17-16-11(7-14)18(13)10-5-6-10/h2-4,10H,5-8,14H2,1H3. The fourth-order valence-electron chi connectivity index (χ4n) is 2.03. The highest BCUT2D eigenvalue weighted by molar-refractivity contribution is 7.98. The van der Waals surface area contributed by atoms with Crippen LogP contribution in [0.25, 0.3) is 0 Å². The SMILES string of the molecule is COc1cccc(CSc2nnc(CN)n2C2CC2)n1. The molecule has 1 aliphatic carbocycles. The molecule has 0 aromatic carbocycles. The molecule has 2 N–H and O–H groups in total. The molecule has 0 radical (unpaired) electrons. The summed E-state index contributed by atoms with van der Waals surface area (Å²) >= 11 is 1.64. The lowest BCUT2D eigenvalue weighted by atomic mass is 10.4. The number of methoxy groups -OCH3 is 1. The summed E-state index contributed by atoms with van der Waals surface area (Å²) in [6.45, 7) is 0.432. The van der Waals surface area contributed by atoms with Crippen LogP contribution >= 0.6 is 11.8 Å². The third kappa shape index (κ3) is 2.78. The first-order valence-electron chi connectivity index (χ1n) is 6.58. The summed E-state index contributed by atoms with van der Waals surface area (Å²) in [4.78, 5) is 4.40. The largest absolute Gasteiger partial charge is 0.481 e. The van der Waals surface area contributed by atoms with Crippen LogP contribution in [0, 0.1) is 0 Å². The minimum Gasteiger partial charge on any atom is -0.481 e. The molecule has 0 aliphatic heterocycles. The maximum Gasteiger partial charge on any atom is 0.213 e. The van der Waals surface area contributed by atoms with E-state index in [9.17, 15) is 0 Å². The fourth-order valence-corrected chi connectivity index (χ4v) is 2.96. The average molecular weight is 291 g/mol. The highest BCUT2D eigenvalue weighted by Gasteiger charge is 2.29. The van der Waals surface area contributed by atoms with Crippen molar-refractivity contribution in [3.8, 4) is 5.88 Å². The minimum absolute atomic E-state index is 0.432. The van der Waals surface area contributed by atoms with Gasteiger partial charge in [0.25, 0.3) is 0 Å². The summed E-state index contributed by atoms with van der Waals surface area (Å²) < 4.78 is 7.30. The van der Waals surface area contributed by atoms with Gasteiger partial charge in [-0.05, 0) is 18.9 Å². The van der Waals surface area contributed by atoms with Crippen LogP contribution < -0.4 is 10.5 Å². The summed E-state index contributed by atoms with van der Waals surface area (Å²) in [6.07, 6.45) is 2.38. The normalized spacial score (nSPS) is 14.5. The molecule has 0 amide bonds. The Bertz CT molecular complexity index is 596. The summed E-state index contributed by atoms with van der Waals surface area (Å²) in [7, 11) is 1.62. The number of nitrogens with zero attached hydrogens (tertiary/aromatic N) is 4. The second-order valence-corrected chi connectivity index (χ2v) is 5.61. The molecule has 1 fully saturated rings. The molecule has 7 heteroatoms. The summed E-state index contributed by atoms with van der Waals surface area (Å²) in [5, 5.41) is 9.34. The van der Waals surface area contributed by atoms with Gasteiger partial charge in [-0.3, -0.25) is 0 Å². The summed E-state index contributed by atoms with van der Waals surface area (Å²) in [5.74, 6) is 2.25. The van der Waals surface area contributed by atoms with Crippen LogP contribution in [-0.4, -0.2) is 26.9 Å². The van der Waals surface area contributed by atoms with Gasteiger partial charge in [0.15, 0.2) is 5.16 Å². The molecule has 0 bridgehead atoms. The van der Waals surface area contributed by atoms with Crippen molar-refractivity contribution in [1.82, 2.24) is 19.7 Å². The topological polar surface area (TPSA) is 78.9 Å². The van der Waals surface area contributed by atoms with Crippen molar-refractivity contribution in [3.05, 3.63) is 29.7 Å². The van der Waals surface area contributed by atoms with Crippen molar-refractivity contribution in [2.24, 2.45) is 5.73 Å². The molecular weight excluding hydrogens is 274 g/mol. The number of aromatic nitrogens is 4. The van der Waals surface area contributed by atoms with Gasteiger partial charge in [0.2, 0.25) is 5.88 Å². The Morgan fingerprint density at radius 3 is 2.95 bits per heavy atom. The van der Waals surface area contributed by atoms with Gasteiger partial charge in [0, 0.05) is 17.9 Å². The van der Waals surface area contributed by atoms with Crippen molar-refractivity contribution in [2.45, 2.75) is 36.3 Å². The van der Waals surface area contributed by atoms with Crippen molar-refractivity contribution < 1.29 is 4.74 Å². The van der Waals surface area contributed by atoms with Crippen LogP contribution in [0.1, 0.15) is 30.4 Å². The smallest absolute Gasteiger partial charge is 0.213 e. The molecule has 106 valence electrons. The van der Waals surface area contributed by atoms with E-state index in [1.807, 2.05) is 18.2 Å². The van der Waals surface area contributed by atoms with Crippen molar-refractivity contribution in [2.75, 3.05) is 7.11 Å². The molecule has 6 nitrogen and oxygen atoms in total. The molecule has 0 saturated heterocycles. The van der Waals surface area contributed by atoms with E-state index in [0.717, 1.165) is 22.4 Å². The minimum atomic E-state index is 0.432. The molecular formula is C13H17N5OS. The Labute approximate surface area is 121 Å². The van der Waals surface area contributed by atoms with Crippen LogP contribution in [0.2, 0.25) is 0 Å². The second kappa shape index (κ2) is 5.80. The molecule has 2 heterocycles. The number of hydrogen-bond acceptors (Lipinski definition) is 6. The molecule has 20 heavy (non-hydrogen) atoms. The van der Waals surface area contributed by atoms with Gasteiger partial charge < -0.3 is 15.0 Å². The van der Waals surface area contributed by atoms with Crippen LogP contribution in [0.3, 0.4) is 0 Å². The monoisotopic (exact) mass is 291 g/mol. The average Bonchev–Trinajstić information content (AvgIpc) is 3.25. The van der Waals surface area contributed by atoms with Gasteiger partial charge in [0.05, 0.1) is 19.3 Å². The first-order valence-corrected chi connectivity index (χ1v) is 7.57. The van der Waals surface area contributed by atoms with Gasteiger partial charge in [-0.2, -0.15) is 0 Å². The maximum atomic E-state index is 5.71. The lowest BCUT2D eigenvalue weighted by Crippen LogP contribution is -2.08. The quantitative estimate of drug-likeness (QED) is 0.817. The lowest BCUT2D eigenvalue weighted by Gasteiger charge is -2.07. The van der Waals surface area contributed by atoms with E-state index >= 15 is 0 Å². The molecule has 0 atom stereocenters. The molecule has 2 aromatic heterocycles. The number of hydrogen-bond donors (Lipinski definition) is 1. The van der Waals surface area contributed by atoms with Crippen molar-refractivity contribution in [1.29, 1.82) is 0 Å². The molecule has 0 spiro atoms. The van der Waals surface area contributed by atoms with Gasteiger partial charge in [-0.15, -0.1) is 10.2 Å². The van der Waals surface area contributed by atoms with Gasteiger partial charge >= 0.3 is 0 Å². The van der Waals surface area contributed by atoms with E-state index in [1.54, 1.807) is 18.9 Å². The van der Waals surface area contributed by atoms with E-state index < -0.39 is 0 Å². The molecule has 3 rings (SSSR count). The van der Waals surface area contributed by atoms with Crippen LogP contribution in [0.4, 0.5) is 0 Å². The Hall–Kier alpha value is -1.60. The number of pyridine rings is 1. The van der Waals surface area contributed by atoms with Gasteiger partial charge in [-0.25, -0.2) is 4.98 Å². The highest BCUT2D eigenvalue weighted by Crippen LogP contribution is 2.39. The van der Waals surface area contributed by atoms with Gasteiger partial charge in [-0.1, -0.05) is 17.8 Å². The molecule has 0 unspecified atom stereocenters. The third-order valence-corrected chi connectivity index (χ3v) is 4.15. The molecule has 1 saturated carbocycles. The molecule has 2 aromatic rings. The number of rotatable bonds is 6. The zero-order valence-corrected chi connectivity index (χ0v) is 12.1. The van der Waals surface area contributed by atoms with E-state index in [0.29, 0.717) is 18.5 Å². The van der Waals surface area contributed by atoms with E-state index in [4.69, 9.17) is 10.5 Å². The first kappa shape index (κ1) is 13.4. The van der Waals surface area contributed by atoms with Crippen LogP contribution in [-0.2, 0) is 12.3 Å². The maximum absolute atomic E-state index is 5.71. The molecule has 1 aliphatic rings. The fraction of sp³-hybridized carbons (Fsp3) is 0.462. The van der Waals surface area contributed by atoms with E-state index in [-0.39, 0.29) is 0 Å². The Balaban J connectivity index is 1.73. The summed E-state index contributed by atoms with van der Waals surface area (Å²) in [5.41, 5.74) is 6.68.